The molecule has 0 aromatic carbocycles. The Morgan fingerprint density at radius 2 is 2.25 bits per heavy atom. The Morgan fingerprint density at radius 3 is 3.00 bits per heavy atom. The third kappa shape index (κ3) is 4.34. The summed E-state index contributed by atoms with van der Waals surface area (Å²) in [5.74, 6) is 0.228. The van der Waals surface area contributed by atoms with Crippen molar-refractivity contribution in [3.8, 4) is 0 Å². The molecule has 9 heteroatoms. The quantitative estimate of drug-likeness (QED) is 0.593. The average molecular weight is 420 g/mol. The molecule has 28 heavy (non-hydrogen) atoms. The van der Waals surface area contributed by atoms with Crippen molar-refractivity contribution in [1.82, 2.24) is 24.6 Å². The summed E-state index contributed by atoms with van der Waals surface area (Å²) < 4.78 is 2.35. The fourth-order valence-corrected chi connectivity index (χ4v) is 3.84. The predicted octanol–water partition coefficient (Wildman–Crippen LogP) is 3.61. The SMILES string of the molecule is CCCCn1nc(C)c(/C=C/C(=O)N(C)Cc2nc3ccsc3c(=O)[nH]2)c1Cl. The number of aryl methyl sites for hydroxylation is 2. The molecule has 3 rings (SSSR count). The van der Waals surface area contributed by atoms with Crippen LogP contribution in [0.25, 0.3) is 16.3 Å². The van der Waals surface area contributed by atoms with Crippen molar-refractivity contribution in [2.75, 3.05) is 7.05 Å². The van der Waals surface area contributed by atoms with Gasteiger partial charge in [-0.25, -0.2) is 4.98 Å². The number of thiophene rings is 1. The number of aromatic nitrogens is 4. The van der Waals surface area contributed by atoms with E-state index in [1.54, 1.807) is 23.9 Å². The molecule has 0 radical (unpaired) electrons. The standard InChI is InChI=1S/C19H22ClN5O2S/c1-4-5-9-25-18(20)13(12(2)23-25)6-7-16(26)24(3)11-15-21-14-8-10-28-17(14)19(27)22-15/h6-8,10H,4-5,9,11H2,1-3H3,(H,21,22,27)/b7-6+. The first-order chi connectivity index (χ1) is 13.4. The minimum Gasteiger partial charge on any atom is -0.335 e. The van der Waals surface area contributed by atoms with Crippen molar-refractivity contribution in [3.05, 3.63) is 50.1 Å². The Bertz CT molecular complexity index is 1080. The number of amides is 1. The molecule has 0 atom stereocenters. The Hall–Kier alpha value is -2.45. The van der Waals surface area contributed by atoms with Crippen molar-refractivity contribution < 1.29 is 4.79 Å². The van der Waals surface area contributed by atoms with Crippen LogP contribution >= 0.6 is 22.9 Å². The van der Waals surface area contributed by atoms with Crippen LogP contribution in [0.4, 0.5) is 0 Å². The lowest BCUT2D eigenvalue weighted by Crippen LogP contribution is -2.26. The van der Waals surface area contributed by atoms with Gasteiger partial charge in [-0.05, 0) is 30.9 Å². The summed E-state index contributed by atoms with van der Waals surface area (Å²) in [6.07, 6.45) is 5.19. The number of hydrogen-bond acceptors (Lipinski definition) is 5. The molecule has 3 aromatic rings. The molecule has 0 saturated carbocycles. The van der Waals surface area contributed by atoms with Crippen LogP contribution in [0.3, 0.4) is 0 Å². The van der Waals surface area contributed by atoms with E-state index in [9.17, 15) is 9.59 Å². The van der Waals surface area contributed by atoms with Crippen molar-refractivity contribution in [2.24, 2.45) is 0 Å². The normalized spacial score (nSPS) is 11.6. The number of carbonyl (C=O) groups is 1. The van der Waals surface area contributed by atoms with Gasteiger partial charge in [0.15, 0.2) is 0 Å². The number of H-pyrrole nitrogens is 1. The first kappa shape index (κ1) is 20.3. The molecule has 1 amide bonds. The molecule has 3 heterocycles. The van der Waals surface area contributed by atoms with Crippen molar-refractivity contribution in [3.63, 3.8) is 0 Å². The van der Waals surface area contributed by atoms with Crippen molar-refractivity contribution >= 4 is 45.1 Å². The number of nitrogens with one attached hydrogen (secondary N) is 1. The number of halogens is 1. The first-order valence-corrected chi connectivity index (χ1v) is 10.3. The maximum Gasteiger partial charge on any atom is 0.268 e. The van der Waals surface area contributed by atoms with Gasteiger partial charge in [0.05, 0.1) is 17.8 Å². The summed E-state index contributed by atoms with van der Waals surface area (Å²) in [6, 6.07) is 1.79. The molecule has 0 spiro atoms. The lowest BCUT2D eigenvalue weighted by atomic mass is 10.2. The Balaban J connectivity index is 1.71. The van der Waals surface area contributed by atoms with Crippen LogP contribution in [0.15, 0.2) is 22.3 Å². The molecule has 7 nitrogen and oxygen atoms in total. The molecule has 0 saturated heterocycles. The van der Waals surface area contributed by atoms with Crippen LogP contribution in [-0.4, -0.2) is 37.6 Å². The molecule has 148 valence electrons. The zero-order valence-corrected chi connectivity index (χ0v) is 17.6. The summed E-state index contributed by atoms with van der Waals surface area (Å²) in [6.45, 7) is 4.93. The van der Waals surface area contributed by atoms with E-state index in [0.29, 0.717) is 21.2 Å². The van der Waals surface area contributed by atoms with E-state index in [1.807, 2.05) is 12.3 Å². The molecule has 0 aliphatic rings. The van der Waals surface area contributed by atoms with E-state index in [1.165, 1.54) is 22.3 Å². The van der Waals surface area contributed by atoms with E-state index >= 15 is 0 Å². The second-order valence-corrected chi connectivity index (χ2v) is 7.82. The van der Waals surface area contributed by atoms with E-state index in [0.717, 1.165) is 30.6 Å². The minimum atomic E-state index is -0.218. The lowest BCUT2D eigenvalue weighted by Gasteiger charge is -2.14. The highest BCUT2D eigenvalue weighted by atomic mass is 35.5. The summed E-state index contributed by atoms with van der Waals surface area (Å²) in [5, 5.41) is 6.79. The van der Waals surface area contributed by atoms with Crippen LogP contribution in [0.5, 0.6) is 0 Å². The average Bonchev–Trinajstić information content (AvgIpc) is 3.23. The maximum absolute atomic E-state index is 12.5. The Labute approximate surface area is 171 Å². The van der Waals surface area contributed by atoms with Crippen LogP contribution in [0, 0.1) is 6.92 Å². The Morgan fingerprint density at radius 1 is 1.46 bits per heavy atom. The van der Waals surface area contributed by atoms with Crippen LogP contribution < -0.4 is 5.56 Å². The Kier molecular flexibility index (Phi) is 6.31. The van der Waals surface area contributed by atoms with Crippen LogP contribution in [-0.2, 0) is 17.9 Å². The second-order valence-electron chi connectivity index (χ2n) is 6.54. The zero-order chi connectivity index (χ0) is 20.3. The molecule has 0 bridgehead atoms. The number of likely N-dealkylation sites (N-methyl/N-ethyl adjacent to an activating group) is 1. The van der Waals surface area contributed by atoms with Gasteiger partial charge in [-0.3, -0.25) is 14.3 Å². The summed E-state index contributed by atoms with van der Waals surface area (Å²) in [7, 11) is 1.66. The molecule has 1 N–H and O–H groups in total. The number of hydrogen-bond donors (Lipinski definition) is 1. The summed E-state index contributed by atoms with van der Waals surface area (Å²) >= 11 is 7.74. The molecule has 0 aliphatic heterocycles. The van der Waals surface area contributed by atoms with E-state index < -0.39 is 0 Å². The predicted molar refractivity (Wildman–Crippen MR) is 113 cm³/mol. The highest BCUT2D eigenvalue weighted by molar-refractivity contribution is 7.17. The molecule has 0 aliphatic carbocycles. The molecular formula is C19H22ClN5O2S. The topological polar surface area (TPSA) is 83.9 Å². The zero-order valence-electron chi connectivity index (χ0n) is 16.0. The molecule has 0 unspecified atom stereocenters. The van der Waals surface area contributed by atoms with Gasteiger partial charge in [0.1, 0.15) is 15.7 Å². The van der Waals surface area contributed by atoms with Gasteiger partial charge in [0.2, 0.25) is 5.91 Å². The van der Waals surface area contributed by atoms with Gasteiger partial charge in [-0.1, -0.05) is 24.9 Å². The number of unbranched alkanes of at least 4 members (excludes halogenated alkanes) is 1. The van der Waals surface area contributed by atoms with Crippen molar-refractivity contribution in [2.45, 2.75) is 39.8 Å². The lowest BCUT2D eigenvalue weighted by molar-refractivity contribution is -0.125. The number of rotatable bonds is 7. The van der Waals surface area contributed by atoms with Gasteiger partial charge < -0.3 is 9.88 Å². The largest absolute Gasteiger partial charge is 0.335 e. The molecular weight excluding hydrogens is 398 g/mol. The van der Waals surface area contributed by atoms with E-state index in [2.05, 4.69) is 22.0 Å². The fourth-order valence-electron chi connectivity index (χ4n) is 2.79. The summed E-state index contributed by atoms with van der Waals surface area (Å²) in [4.78, 5) is 33.1. The van der Waals surface area contributed by atoms with Crippen LogP contribution in [0.1, 0.15) is 36.8 Å². The summed E-state index contributed by atoms with van der Waals surface area (Å²) in [5.41, 5.74) is 1.97. The first-order valence-electron chi connectivity index (χ1n) is 9.03. The second kappa shape index (κ2) is 8.70. The third-order valence-corrected chi connectivity index (χ3v) is 5.65. The fraction of sp³-hybridized carbons (Fsp3) is 0.368. The van der Waals surface area contributed by atoms with Gasteiger partial charge in [-0.15, -0.1) is 11.3 Å². The highest BCUT2D eigenvalue weighted by Gasteiger charge is 2.13. The minimum absolute atomic E-state index is 0.187. The van der Waals surface area contributed by atoms with Gasteiger partial charge in [0, 0.05) is 25.2 Å². The van der Waals surface area contributed by atoms with E-state index in [4.69, 9.17) is 11.6 Å². The number of carbonyl (C=O) groups excluding carboxylic acids is 1. The number of aromatic amines is 1. The number of nitrogens with zero attached hydrogens (tertiary/aromatic N) is 4. The third-order valence-electron chi connectivity index (χ3n) is 4.35. The number of fused-ring (bicyclic) bond motifs is 1. The monoisotopic (exact) mass is 419 g/mol. The molecule has 0 fully saturated rings. The molecule has 3 aromatic heterocycles. The van der Waals surface area contributed by atoms with E-state index in [-0.39, 0.29) is 18.0 Å². The van der Waals surface area contributed by atoms with Gasteiger partial charge >= 0.3 is 0 Å². The van der Waals surface area contributed by atoms with Crippen molar-refractivity contribution in [1.29, 1.82) is 0 Å². The van der Waals surface area contributed by atoms with Gasteiger partial charge in [-0.2, -0.15) is 5.10 Å². The maximum atomic E-state index is 12.5. The highest BCUT2D eigenvalue weighted by Crippen LogP contribution is 2.22. The van der Waals surface area contributed by atoms with Gasteiger partial charge in [0.25, 0.3) is 5.56 Å². The van der Waals surface area contributed by atoms with Crippen LogP contribution in [0.2, 0.25) is 5.15 Å². The smallest absolute Gasteiger partial charge is 0.268 e.